The number of imidazole rings is 1. The number of benzene rings is 2. The van der Waals surface area contributed by atoms with Gasteiger partial charge in [-0.2, -0.15) is 0 Å². The van der Waals surface area contributed by atoms with E-state index in [9.17, 15) is 8.42 Å². The molecule has 24 heavy (non-hydrogen) atoms. The van der Waals surface area contributed by atoms with Crippen molar-refractivity contribution in [3.63, 3.8) is 0 Å². The van der Waals surface area contributed by atoms with Crippen molar-refractivity contribution in [1.82, 2.24) is 14.3 Å². The van der Waals surface area contributed by atoms with Gasteiger partial charge in [0, 0.05) is 19.5 Å². The molecule has 0 radical (unpaired) electrons. The molecule has 0 saturated heterocycles. The minimum atomic E-state index is -3.49. The third kappa shape index (κ3) is 2.83. The first kappa shape index (κ1) is 15.4. The van der Waals surface area contributed by atoms with Crippen molar-refractivity contribution in [3.05, 3.63) is 59.9 Å². The summed E-state index contributed by atoms with van der Waals surface area (Å²) in [6, 6.07) is 14.3. The highest BCUT2D eigenvalue weighted by atomic mass is 32.2. The summed E-state index contributed by atoms with van der Waals surface area (Å²) in [6.45, 7) is 0.252. The molecule has 1 heterocycles. The summed E-state index contributed by atoms with van der Waals surface area (Å²) < 4.78 is 29.4. The van der Waals surface area contributed by atoms with Crippen molar-refractivity contribution in [1.29, 1.82) is 0 Å². The summed E-state index contributed by atoms with van der Waals surface area (Å²) in [5, 5.41) is 0. The molecule has 1 N–H and O–H groups in total. The molecule has 3 aromatic rings. The van der Waals surface area contributed by atoms with Crippen LogP contribution < -0.4 is 4.72 Å². The van der Waals surface area contributed by atoms with Crippen LogP contribution in [-0.4, -0.2) is 18.0 Å². The molecule has 1 saturated carbocycles. The maximum atomic E-state index is 12.3. The van der Waals surface area contributed by atoms with E-state index in [4.69, 9.17) is 4.98 Å². The lowest BCUT2D eigenvalue weighted by Gasteiger charge is -2.07. The Kier molecular flexibility index (Phi) is 3.66. The number of hydrogen-bond donors (Lipinski definition) is 1. The number of nitrogens with one attached hydrogen (secondary N) is 1. The molecule has 124 valence electrons. The number of aryl methyl sites for hydroxylation is 1. The minimum Gasteiger partial charge on any atom is -0.331 e. The highest BCUT2D eigenvalue weighted by Crippen LogP contribution is 2.40. The predicted molar refractivity (Wildman–Crippen MR) is 93.2 cm³/mol. The standard InChI is InChI=1S/C18H19N3O2S/c1-21-17-10-7-13(11-16(17)20-18(21)14-8-9-14)12-19-24(22,23)15-5-3-2-4-6-15/h2-7,10-11,14,19H,8-9,12H2,1H3. The Balaban J connectivity index is 1.57. The summed E-state index contributed by atoms with van der Waals surface area (Å²) >= 11 is 0. The average molecular weight is 341 g/mol. The lowest BCUT2D eigenvalue weighted by Crippen LogP contribution is -2.23. The van der Waals surface area contributed by atoms with Crippen LogP contribution in [0, 0.1) is 0 Å². The summed E-state index contributed by atoms with van der Waals surface area (Å²) in [7, 11) is -1.45. The van der Waals surface area contributed by atoms with Gasteiger partial charge < -0.3 is 4.57 Å². The van der Waals surface area contributed by atoms with E-state index in [1.165, 1.54) is 12.8 Å². The van der Waals surface area contributed by atoms with Crippen molar-refractivity contribution in [2.24, 2.45) is 7.05 Å². The van der Waals surface area contributed by atoms with Gasteiger partial charge in [0.05, 0.1) is 15.9 Å². The fourth-order valence-electron chi connectivity index (χ4n) is 2.94. The van der Waals surface area contributed by atoms with Crippen LogP contribution in [0.25, 0.3) is 11.0 Å². The van der Waals surface area contributed by atoms with Gasteiger partial charge in [-0.05, 0) is 42.7 Å². The highest BCUT2D eigenvalue weighted by molar-refractivity contribution is 7.89. The molecule has 2 aromatic carbocycles. The maximum absolute atomic E-state index is 12.3. The summed E-state index contributed by atoms with van der Waals surface area (Å²) in [4.78, 5) is 5.00. The zero-order valence-electron chi connectivity index (χ0n) is 13.4. The second-order valence-corrected chi connectivity index (χ2v) is 8.03. The van der Waals surface area contributed by atoms with Crippen LogP contribution in [0.3, 0.4) is 0 Å². The minimum absolute atomic E-state index is 0.252. The highest BCUT2D eigenvalue weighted by Gasteiger charge is 2.28. The quantitative estimate of drug-likeness (QED) is 0.776. The van der Waals surface area contributed by atoms with Gasteiger partial charge in [0.2, 0.25) is 10.0 Å². The van der Waals surface area contributed by atoms with E-state index < -0.39 is 10.0 Å². The normalized spacial score (nSPS) is 15.0. The molecule has 0 amide bonds. The topological polar surface area (TPSA) is 64.0 Å². The van der Waals surface area contributed by atoms with Crippen LogP contribution in [0.15, 0.2) is 53.4 Å². The molecule has 0 spiro atoms. The van der Waals surface area contributed by atoms with E-state index in [1.54, 1.807) is 30.3 Å². The molecule has 0 aliphatic heterocycles. The molecular weight excluding hydrogens is 322 g/mol. The van der Waals surface area contributed by atoms with Crippen molar-refractivity contribution in [2.75, 3.05) is 0 Å². The largest absolute Gasteiger partial charge is 0.331 e. The number of hydrogen-bond acceptors (Lipinski definition) is 3. The van der Waals surface area contributed by atoms with Crippen molar-refractivity contribution < 1.29 is 8.42 Å². The van der Waals surface area contributed by atoms with Crippen LogP contribution in [0.4, 0.5) is 0 Å². The summed E-state index contributed by atoms with van der Waals surface area (Å²) in [5.74, 6) is 1.72. The molecule has 0 unspecified atom stereocenters. The van der Waals surface area contributed by atoms with Crippen molar-refractivity contribution in [2.45, 2.75) is 30.2 Å². The smallest absolute Gasteiger partial charge is 0.240 e. The predicted octanol–water partition coefficient (Wildman–Crippen LogP) is 2.93. The van der Waals surface area contributed by atoms with E-state index >= 15 is 0 Å². The number of rotatable bonds is 5. The Morgan fingerprint density at radius 2 is 1.92 bits per heavy atom. The van der Waals surface area contributed by atoms with E-state index in [0.29, 0.717) is 5.92 Å². The van der Waals surface area contributed by atoms with Gasteiger partial charge in [-0.3, -0.25) is 0 Å². The number of sulfonamides is 1. The molecule has 0 bridgehead atoms. The van der Waals surface area contributed by atoms with Gasteiger partial charge in [0.15, 0.2) is 0 Å². The van der Waals surface area contributed by atoms with Gasteiger partial charge >= 0.3 is 0 Å². The Morgan fingerprint density at radius 3 is 2.62 bits per heavy atom. The lowest BCUT2D eigenvalue weighted by atomic mass is 10.2. The Labute approximate surface area is 141 Å². The first-order valence-corrected chi connectivity index (χ1v) is 9.53. The average Bonchev–Trinajstić information content (AvgIpc) is 3.38. The van der Waals surface area contributed by atoms with Gasteiger partial charge in [-0.15, -0.1) is 0 Å². The molecule has 1 aromatic heterocycles. The number of nitrogens with zero attached hydrogens (tertiary/aromatic N) is 2. The first-order chi connectivity index (χ1) is 11.5. The third-order valence-electron chi connectivity index (χ3n) is 4.44. The first-order valence-electron chi connectivity index (χ1n) is 8.04. The van der Waals surface area contributed by atoms with E-state index in [-0.39, 0.29) is 11.4 Å². The van der Waals surface area contributed by atoms with Crippen LogP contribution in [-0.2, 0) is 23.6 Å². The fraction of sp³-hybridized carbons (Fsp3) is 0.278. The molecule has 0 atom stereocenters. The second-order valence-electron chi connectivity index (χ2n) is 6.26. The monoisotopic (exact) mass is 341 g/mol. The SMILES string of the molecule is Cn1c(C2CC2)nc2cc(CNS(=O)(=O)c3ccccc3)ccc21. The van der Waals surface area contributed by atoms with Gasteiger partial charge in [-0.1, -0.05) is 24.3 Å². The van der Waals surface area contributed by atoms with E-state index in [1.807, 2.05) is 25.2 Å². The zero-order valence-corrected chi connectivity index (χ0v) is 14.3. The third-order valence-corrected chi connectivity index (χ3v) is 5.86. The van der Waals surface area contributed by atoms with Gasteiger partial charge in [0.25, 0.3) is 0 Å². The van der Waals surface area contributed by atoms with Crippen LogP contribution in [0.1, 0.15) is 30.1 Å². The molecule has 5 nitrogen and oxygen atoms in total. The molecule has 4 rings (SSSR count). The summed E-state index contributed by atoms with van der Waals surface area (Å²) in [6.07, 6.45) is 2.42. The fourth-order valence-corrected chi connectivity index (χ4v) is 3.98. The second kappa shape index (κ2) is 5.72. The molecule has 6 heteroatoms. The maximum Gasteiger partial charge on any atom is 0.240 e. The summed E-state index contributed by atoms with van der Waals surface area (Å²) in [5.41, 5.74) is 2.92. The molecule has 1 fully saturated rings. The lowest BCUT2D eigenvalue weighted by molar-refractivity contribution is 0.581. The van der Waals surface area contributed by atoms with E-state index in [0.717, 1.165) is 22.4 Å². The Morgan fingerprint density at radius 1 is 1.17 bits per heavy atom. The van der Waals surface area contributed by atoms with Crippen molar-refractivity contribution >= 4 is 21.1 Å². The zero-order chi connectivity index (χ0) is 16.7. The van der Waals surface area contributed by atoms with E-state index in [2.05, 4.69) is 9.29 Å². The Bertz CT molecular complexity index is 990. The Hall–Kier alpha value is -2.18. The van der Waals surface area contributed by atoms with Crippen LogP contribution in [0.5, 0.6) is 0 Å². The number of fused-ring (bicyclic) bond motifs is 1. The molecular formula is C18H19N3O2S. The molecule has 1 aliphatic carbocycles. The van der Waals surface area contributed by atoms with Gasteiger partial charge in [-0.25, -0.2) is 18.1 Å². The number of aromatic nitrogens is 2. The van der Waals surface area contributed by atoms with Gasteiger partial charge in [0.1, 0.15) is 5.82 Å². The van der Waals surface area contributed by atoms with Crippen molar-refractivity contribution in [3.8, 4) is 0 Å². The molecule has 1 aliphatic rings. The van der Waals surface area contributed by atoms with Crippen LogP contribution in [0.2, 0.25) is 0 Å². The van der Waals surface area contributed by atoms with Crippen LogP contribution >= 0.6 is 0 Å².